The molecule has 4 heterocycles. The fourth-order valence-electron chi connectivity index (χ4n) is 22.5. The first-order chi connectivity index (χ1) is 65.2. The molecule has 0 radical (unpaired) electrons. The number of hydrogen-bond acceptors (Lipinski definition) is 4. The maximum Gasteiger partial charge on any atom is 0.171 e. The van der Waals surface area contributed by atoms with Crippen molar-refractivity contribution < 1.29 is 9.13 Å². The van der Waals surface area contributed by atoms with Gasteiger partial charge in [0.1, 0.15) is 11.3 Å². The van der Waals surface area contributed by atoms with Crippen molar-refractivity contribution in [1.82, 2.24) is 18.8 Å². The standard InChI is InChI=1S/C62H39N2OP.C62H41N2OP/c65-66(44-15-3-1-4-16-44,45-17-5-2-6-18-45)46-33-36-51-50-35-32-43(38-56(50)62(57(51)39-46)54-22-10-7-19-48(54)49-20-8-11-23-55(49)62)41-29-27-40(28-30-41)42-31-34-47-52-21-9-13-25-59(52)64-60-26-14-12-24-58(60)63-61(64)53(47)37-42;65-66(48-21-9-3-10-22-48,49-23-11-4-12-24-49)50-35-38-53-52-37-34-45(40-56(52)62(57(53)41-50,46-17-5-1-6-18-46)47-19-7-2-8-20-47)43-31-29-42(30-32-43)44-33-36-51-54-25-13-15-27-59(54)64-60-28-16-14-26-58(60)63-61(64)55(51)39-44/h1-39H;1-41H. The second-order valence-electron chi connectivity index (χ2n) is 35.1. The lowest BCUT2D eigenvalue weighted by molar-refractivity contribution is 0.591. The van der Waals surface area contributed by atoms with Crippen molar-refractivity contribution in [3.8, 4) is 77.9 Å². The lowest BCUT2D eigenvalue weighted by Gasteiger charge is -2.34. The molecule has 6 nitrogen and oxygen atoms in total. The highest BCUT2D eigenvalue weighted by atomic mass is 31.2. The first-order valence-electron chi connectivity index (χ1n) is 45.2. The molecule has 0 bridgehead atoms. The highest BCUT2D eigenvalue weighted by Crippen LogP contribution is 2.65. The van der Waals surface area contributed by atoms with Crippen LogP contribution in [0, 0.1) is 0 Å². The van der Waals surface area contributed by atoms with E-state index in [9.17, 15) is 0 Å². The topological polar surface area (TPSA) is 68.7 Å². The molecule has 27 rings (SSSR count). The van der Waals surface area contributed by atoms with Crippen molar-refractivity contribution in [2.45, 2.75) is 10.8 Å². The molecular weight excluding hydrogens is 1640 g/mol. The Balaban J connectivity index is 0.000000138. The van der Waals surface area contributed by atoms with Crippen LogP contribution < -0.4 is 31.8 Å². The Morgan fingerprint density at radius 3 is 0.841 bits per heavy atom. The quantitative estimate of drug-likeness (QED) is 0.0903. The van der Waals surface area contributed by atoms with Crippen molar-refractivity contribution in [2.75, 3.05) is 0 Å². The Bertz CT molecular complexity index is 8340. The summed E-state index contributed by atoms with van der Waals surface area (Å²) in [6.45, 7) is 0. The van der Waals surface area contributed by atoms with Gasteiger partial charge in [-0.3, -0.25) is 8.80 Å². The van der Waals surface area contributed by atoms with E-state index in [1.165, 1.54) is 88.3 Å². The molecule has 0 atom stereocenters. The molecule has 0 aliphatic heterocycles. The summed E-state index contributed by atoms with van der Waals surface area (Å²) in [6.07, 6.45) is 0. The second-order valence-corrected chi connectivity index (χ2v) is 40.6. The molecule has 1 spiro atoms. The summed E-state index contributed by atoms with van der Waals surface area (Å²) in [5.41, 5.74) is 33.2. The molecule has 0 unspecified atom stereocenters. The molecule has 24 aromatic rings. The molecular formula is C124H80N4O2P2. The van der Waals surface area contributed by atoms with E-state index < -0.39 is 25.1 Å². The molecule has 8 heteroatoms. The van der Waals surface area contributed by atoms with Gasteiger partial charge < -0.3 is 9.13 Å². The number of para-hydroxylation sites is 6. The summed E-state index contributed by atoms with van der Waals surface area (Å²) in [6, 6.07) is 173. The van der Waals surface area contributed by atoms with Crippen molar-refractivity contribution in [3.05, 3.63) is 530 Å². The Kier molecular flexibility index (Phi) is 17.6. The van der Waals surface area contributed by atoms with E-state index in [0.29, 0.717) is 0 Å². The zero-order valence-electron chi connectivity index (χ0n) is 71.7. The van der Waals surface area contributed by atoms with E-state index in [2.05, 4.69) is 373 Å². The minimum absolute atomic E-state index is 0.611. The summed E-state index contributed by atoms with van der Waals surface area (Å²) >= 11 is 0. The fraction of sp³-hybridized carbons (Fsp3) is 0.0161. The van der Waals surface area contributed by atoms with E-state index in [4.69, 9.17) is 9.97 Å². The molecule has 0 saturated carbocycles. The Morgan fingerprint density at radius 1 is 0.182 bits per heavy atom. The van der Waals surface area contributed by atoms with Crippen LogP contribution >= 0.6 is 14.3 Å². The van der Waals surface area contributed by atoms with E-state index >= 15 is 9.13 Å². The Hall–Kier alpha value is -16.2. The second kappa shape index (κ2) is 30.2. The zero-order chi connectivity index (χ0) is 87.4. The van der Waals surface area contributed by atoms with Gasteiger partial charge in [0.05, 0.1) is 43.9 Å². The molecule has 0 saturated heterocycles. The van der Waals surface area contributed by atoms with E-state index in [-0.39, 0.29) is 0 Å². The maximum absolute atomic E-state index is 16.0. The summed E-state index contributed by atoms with van der Waals surface area (Å²) < 4.78 is 36.5. The van der Waals surface area contributed by atoms with Gasteiger partial charge in [-0.05, 0) is 206 Å². The molecule has 3 aliphatic rings. The van der Waals surface area contributed by atoms with Crippen LogP contribution in [0.2, 0.25) is 0 Å². The van der Waals surface area contributed by atoms with E-state index in [1.807, 2.05) is 121 Å². The van der Waals surface area contributed by atoms with E-state index in [1.54, 1.807) is 0 Å². The van der Waals surface area contributed by atoms with Gasteiger partial charge in [0, 0.05) is 53.4 Å². The Labute approximate surface area is 763 Å². The van der Waals surface area contributed by atoms with Crippen LogP contribution in [0.15, 0.2) is 485 Å². The Morgan fingerprint density at radius 2 is 0.455 bits per heavy atom. The minimum atomic E-state index is -3.28. The number of rotatable bonds is 12. The predicted molar refractivity (Wildman–Crippen MR) is 550 cm³/mol. The van der Waals surface area contributed by atoms with Crippen LogP contribution in [0.3, 0.4) is 0 Å². The molecule has 4 aromatic heterocycles. The van der Waals surface area contributed by atoms with Crippen molar-refractivity contribution in [2.24, 2.45) is 0 Å². The molecule has 132 heavy (non-hydrogen) atoms. The van der Waals surface area contributed by atoms with Gasteiger partial charge >= 0.3 is 0 Å². The summed E-state index contributed by atoms with van der Waals surface area (Å²) in [5, 5.41) is 12.1. The number of fused-ring (bicyclic) bond motifs is 29. The predicted octanol–water partition coefficient (Wildman–Crippen LogP) is 28.2. The van der Waals surface area contributed by atoms with Gasteiger partial charge in [0.25, 0.3) is 0 Å². The lowest BCUT2D eigenvalue weighted by atomic mass is 9.67. The number of hydrogen-bond donors (Lipinski definition) is 0. The van der Waals surface area contributed by atoms with Gasteiger partial charge in [-0.25, -0.2) is 9.97 Å². The van der Waals surface area contributed by atoms with Gasteiger partial charge in [-0.2, -0.15) is 0 Å². The third-order valence-corrected chi connectivity index (χ3v) is 34.5. The third kappa shape index (κ3) is 11.4. The van der Waals surface area contributed by atoms with Crippen LogP contribution in [0.25, 0.3) is 155 Å². The average Bonchev–Trinajstić information content (AvgIpc) is 1.50. The average molecular weight is 1720 g/mol. The number of pyridine rings is 2. The maximum atomic E-state index is 16.0. The van der Waals surface area contributed by atoms with Gasteiger partial charge in [0.15, 0.2) is 14.3 Å². The van der Waals surface area contributed by atoms with Gasteiger partial charge in [-0.1, -0.05) is 413 Å². The lowest BCUT2D eigenvalue weighted by Crippen LogP contribution is -2.31. The largest absolute Gasteiger partial charge is 0.309 e. The van der Waals surface area contributed by atoms with Crippen LogP contribution in [-0.4, -0.2) is 18.8 Å². The van der Waals surface area contributed by atoms with Crippen LogP contribution in [-0.2, 0) is 20.0 Å². The number of nitrogens with zero attached hydrogens (tertiary/aromatic N) is 4. The summed E-state index contributed by atoms with van der Waals surface area (Å²) in [5.74, 6) is 0. The van der Waals surface area contributed by atoms with Crippen LogP contribution in [0.4, 0.5) is 0 Å². The monoisotopic (exact) mass is 1720 g/mol. The molecule has 0 N–H and O–H groups in total. The molecule has 3 aliphatic carbocycles. The first kappa shape index (κ1) is 77.0. The summed E-state index contributed by atoms with van der Waals surface area (Å²) in [4.78, 5) is 10.4. The molecule has 618 valence electrons. The number of aromatic nitrogens is 4. The summed E-state index contributed by atoms with van der Waals surface area (Å²) in [7, 11) is -6.55. The minimum Gasteiger partial charge on any atom is -0.309 e. The smallest absolute Gasteiger partial charge is 0.171 e. The van der Waals surface area contributed by atoms with E-state index in [0.717, 1.165) is 143 Å². The number of imidazole rings is 2. The SMILES string of the molecule is O=P(c1ccccc1)(c1ccccc1)c1ccc2c(c1)C(c1ccccc1)(c1ccccc1)c1cc(-c3ccc(-c4ccc5c6ccccc6n6c7ccccc7nc6c5c4)cc3)ccc1-2.O=P(c1ccccc1)(c1ccccc1)c1ccc2c(c1)C1(c3ccccc3-c3ccccc31)c1cc(-c3ccc(-c4ccc5c6ccccc6n6c7ccccc7nc6c5c4)cc3)ccc1-2. The first-order valence-corrected chi connectivity index (χ1v) is 48.6. The molecule has 0 amide bonds. The highest BCUT2D eigenvalue weighted by molar-refractivity contribution is 7.85. The van der Waals surface area contributed by atoms with Crippen LogP contribution in [0.1, 0.15) is 44.5 Å². The third-order valence-electron chi connectivity index (χ3n) is 28.4. The van der Waals surface area contributed by atoms with Gasteiger partial charge in [0.2, 0.25) is 0 Å². The van der Waals surface area contributed by atoms with Gasteiger partial charge in [-0.15, -0.1) is 0 Å². The molecule has 20 aromatic carbocycles. The van der Waals surface area contributed by atoms with Crippen LogP contribution in [0.5, 0.6) is 0 Å². The zero-order valence-corrected chi connectivity index (χ0v) is 73.5. The van der Waals surface area contributed by atoms with Crippen molar-refractivity contribution in [1.29, 1.82) is 0 Å². The molecule has 0 fully saturated rings. The van der Waals surface area contributed by atoms with Crippen molar-refractivity contribution in [3.63, 3.8) is 0 Å². The fourth-order valence-corrected chi connectivity index (χ4v) is 27.8. The normalized spacial score (nSPS) is 13.2. The van der Waals surface area contributed by atoms with Crippen molar-refractivity contribution >= 4 is 123 Å². The highest BCUT2D eigenvalue weighted by Gasteiger charge is 2.53. The number of benzene rings is 20.